The molecule has 1 aromatic heterocycles. The molecule has 0 unspecified atom stereocenters. The summed E-state index contributed by atoms with van der Waals surface area (Å²) in [5.41, 5.74) is 0.659. The molecule has 7 heteroatoms. The monoisotopic (exact) mass is 309 g/mol. The van der Waals surface area contributed by atoms with Crippen LogP contribution in [0.1, 0.15) is 27.4 Å². The van der Waals surface area contributed by atoms with Gasteiger partial charge in [-0.25, -0.2) is 17.9 Å². The normalized spacial score (nSPS) is 11.5. The number of rotatable bonds is 5. The Morgan fingerprint density at radius 1 is 1.29 bits per heavy atom. The Morgan fingerprint density at radius 3 is 2.52 bits per heavy atom. The van der Waals surface area contributed by atoms with E-state index in [9.17, 15) is 13.2 Å². The summed E-state index contributed by atoms with van der Waals surface area (Å²) >= 11 is 0. The summed E-state index contributed by atoms with van der Waals surface area (Å²) < 4.78 is 32.0. The molecule has 112 valence electrons. The Hall–Kier alpha value is -2.12. The summed E-state index contributed by atoms with van der Waals surface area (Å²) in [6.07, 6.45) is 0. The lowest BCUT2D eigenvalue weighted by atomic mass is 10.2. The van der Waals surface area contributed by atoms with Gasteiger partial charge in [-0.3, -0.25) is 0 Å². The molecule has 0 aliphatic carbocycles. The van der Waals surface area contributed by atoms with Crippen molar-refractivity contribution in [2.24, 2.45) is 0 Å². The molecule has 0 saturated carbocycles. The van der Waals surface area contributed by atoms with Gasteiger partial charge >= 0.3 is 5.97 Å². The number of carboxylic acid groups (broad SMARTS) is 1. The first-order chi connectivity index (χ1) is 9.81. The first kappa shape index (κ1) is 15.3. The largest absolute Gasteiger partial charge is 0.478 e. The second kappa shape index (κ2) is 5.71. The van der Waals surface area contributed by atoms with Gasteiger partial charge in [0.2, 0.25) is 10.0 Å². The number of carboxylic acids is 1. The molecule has 0 bridgehead atoms. The second-order valence-electron chi connectivity index (χ2n) is 4.58. The summed E-state index contributed by atoms with van der Waals surface area (Å²) in [4.78, 5) is 11.1. The predicted octanol–water partition coefficient (Wildman–Crippen LogP) is 2.07. The number of furan rings is 1. The lowest BCUT2D eigenvalue weighted by molar-refractivity contribution is 0.0695. The van der Waals surface area contributed by atoms with Crippen LogP contribution in [-0.4, -0.2) is 19.5 Å². The zero-order valence-corrected chi connectivity index (χ0v) is 12.4. The van der Waals surface area contributed by atoms with Crippen LogP contribution in [0.4, 0.5) is 0 Å². The number of benzene rings is 1. The molecule has 2 rings (SSSR count). The van der Waals surface area contributed by atoms with Crippen molar-refractivity contribution < 1.29 is 22.7 Å². The molecule has 0 radical (unpaired) electrons. The molecule has 0 aliphatic heterocycles. The zero-order chi connectivity index (χ0) is 15.6. The van der Waals surface area contributed by atoms with Crippen LogP contribution in [0.2, 0.25) is 0 Å². The van der Waals surface area contributed by atoms with Gasteiger partial charge in [0.25, 0.3) is 0 Å². The van der Waals surface area contributed by atoms with Crippen molar-refractivity contribution in [3.63, 3.8) is 0 Å². The highest BCUT2D eigenvalue weighted by molar-refractivity contribution is 7.89. The van der Waals surface area contributed by atoms with E-state index in [0.717, 1.165) is 0 Å². The number of hydrogen-bond donors (Lipinski definition) is 2. The number of aryl methyl sites for hydroxylation is 2. The van der Waals surface area contributed by atoms with Crippen molar-refractivity contribution in [1.29, 1.82) is 0 Å². The van der Waals surface area contributed by atoms with Crippen LogP contribution in [-0.2, 0) is 16.6 Å². The Kier molecular flexibility index (Phi) is 4.15. The van der Waals surface area contributed by atoms with Gasteiger partial charge in [0, 0.05) is 0 Å². The lowest BCUT2D eigenvalue weighted by Crippen LogP contribution is -2.23. The van der Waals surface area contributed by atoms with E-state index >= 15 is 0 Å². The van der Waals surface area contributed by atoms with Crippen LogP contribution >= 0.6 is 0 Å². The summed E-state index contributed by atoms with van der Waals surface area (Å²) in [5, 5.41) is 8.92. The zero-order valence-electron chi connectivity index (χ0n) is 11.6. The van der Waals surface area contributed by atoms with Crippen molar-refractivity contribution in [2.75, 3.05) is 0 Å². The maximum Gasteiger partial charge on any atom is 0.339 e. The summed E-state index contributed by atoms with van der Waals surface area (Å²) in [7, 11) is -3.67. The molecule has 0 amide bonds. The molecular formula is C14H15NO5S. The van der Waals surface area contributed by atoms with E-state index in [4.69, 9.17) is 9.52 Å². The highest BCUT2D eigenvalue weighted by Gasteiger charge is 2.18. The Bertz CT molecular complexity index is 776. The van der Waals surface area contributed by atoms with Gasteiger partial charge in [-0.1, -0.05) is 18.2 Å². The first-order valence-electron chi connectivity index (χ1n) is 6.19. The summed E-state index contributed by atoms with van der Waals surface area (Å²) in [6.45, 7) is 3.11. The number of carbonyl (C=O) groups is 1. The molecule has 0 saturated heterocycles. The quantitative estimate of drug-likeness (QED) is 0.881. The topological polar surface area (TPSA) is 96.6 Å². The third kappa shape index (κ3) is 3.32. The molecule has 0 spiro atoms. The highest BCUT2D eigenvalue weighted by Crippen LogP contribution is 2.17. The number of sulfonamides is 1. The van der Waals surface area contributed by atoms with Crippen LogP contribution in [0.5, 0.6) is 0 Å². The van der Waals surface area contributed by atoms with Crippen molar-refractivity contribution >= 4 is 16.0 Å². The van der Waals surface area contributed by atoms with Gasteiger partial charge in [0.15, 0.2) is 0 Å². The SMILES string of the molecule is Cc1ccccc1S(=O)(=O)NCc1cc(C(=O)O)c(C)o1. The number of nitrogens with one attached hydrogen (secondary N) is 1. The third-order valence-corrected chi connectivity index (χ3v) is 4.58. The molecule has 2 N–H and O–H groups in total. The molecule has 0 aliphatic rings. The Balaban J connectivity index is 2.18. The molecule has 1 heterocycles. The number of aromatic carboxylic acids is 1. The van der Waals surface area contributed by atoms with Gasteiger partial charge in [-0.2, -0.15) is 0 Å². The summed E-state index contributed by atoms with van der Waals surface area (Å²) in [6, 6.07) is 7.92. The standard InChI is InChI=1S/C14H15NO5S/c1-9-5-3-4-6-13(9)21(18,19)15-8-11-7-12(14(16)17)10(2)20-11/h3-7,15H,8H2,1-2H3,(H,16,17). The molecule has 2 aromatic rings. The minimum absolute atomic E-state index is 0.0279. The van der Waals surface area contributed by atoms with Crippen molar-refractivity contribution in [3.8, 4) is 0 Å². The van der Waals surface area contributed by atoms with E-state index in [2.05, 4.69) is 4.72 Å². The van der Waals surface area contributed by atoms with Gasteiger partial charge in [-0.15, -0.1) is 0 Å². The van der Waals surface area contributed by atoms with E-state index in [-0.39, 0.29) is 28.5 Å². The molecule has 6 nitrogen and oxygen atoms in total. The average molecular weight is 309 g/mol. The van der Waals surface area contributed by atoms with E-state index in [1.807, 2.05) is 0 Å². The van der Waals surface area contributed by atoms with Crippen LogP contribution < -0.4 is 4.72 Å². The van der Waals surface area contributed by atoms with Crippen LogP contribution in [0.3, 0.4) is 0 Å². The fourth-order valence-corrected chi connectivity index (χ4v) is 3.18. The minimum atomic E-state index is -3.67. The molecular weight excluding hydrogens is 294 g/mol. The van der Waals surface area contributed by atoms with Crippen LogP contribution in [0, 0.1) is 13.8 Å². The molecule has 0 fully saturated rings. The Labute approximate surface area is 122 Å². The third-order valence-electron chi connectivity index (χ3n) is 3.02. The van der Waals surface area contributed by atoms with Gasteiger partial charge in [0.1, 0.15) is 17.1 Å². The molecule has 21 heavy (non-hydrogen) atoms. The van der Waals surface area contributed by atoms with Crippen LogP contribution in [0.25, 0.3) is 0 Å². The smallest absolute Gasteiger partial charge is 0.339 e. The summed E-state index contributed by atoms with van der Waals surface area (Å²) in [5.74, 6) is -0.612. The molecule has 1 aromatic carbocycles. The maximum absolute atomic E-state index is 12.2. The molecule has 0 atom stereocenters. The van der Waals surface area contributed by atoms with E-state index in [0.29, 0.717) is 5.56 Å². The second-order valence-corrected chi connectivity index (χ2v) is 6.31. The van der Waals surface area contributed by atoms with E-state index in [1.54, 1.807) is 25.1 Å². The van der Waals surface area contributed by atoms with E-state index < -0.39 is 16.0 Å². The van der Waals surface area contributed by atoms with Gasteiger partial charge in [-0.05, 0) is 31.5 Å². The average Bonchev–Trinajstić information content (AvgIpc) is 2.78. The Morgan fingerprint density at radius 2 is 1.95 bits per heavy atom. The first-order valence-corrected chi connectivity index (χ1v) is 7.67. The highest BCUT2D eigenvalue weighted by atomic mass is 32.2. The van der Waals surface area contributed by atoms with Gasteiger partial charge in [0.05, 0.1) is 11.4 Å². The van der Waals surface area contributed by atoms with Crippen LogP contribution in [0.15, 0.2) is 39.6 Å². The fraction of sp³-hybridized carbons (Fsp3) is 0.214. The van der Waals surface area contributed by atoms with Gasteiger partial charge < -0.3 is 9.52 Å². The number of hydrogen-bond acceptors (Lipinski definition) is 4. The predicted molar refractivity (Wildman–Crippen MR) is 75.6 cm³/mol. The minimum Gasteiger partial charge on any atom is -0.478 e. The van der Waals surface area contributed by atoms with Crippen molar-refractivity contribution in [3.05, 3.63) is 53.0 Å². The van der Waals surface area contributed by atoms with Crippen molar-refractivity contribution in [1.82, 2.24) is 4.72 Å². The fourth-order valence-electron chi connectivity index (χ4n) is 1.94. The van der Waals surface area contributed by atoms with Crippen molar-refractivity contribution in [2.45, 2.75) is 25.3 Å². The lowest BCUT2D eigenvalue weighted by Gasteiger charge is -2.07. The maximum atomic E-state index is 12.2. The van der Waals surface area contributed by atoms with E-state index in [1.165, 1.54) is 19.1 Å².